The molecule has 2 fully saturated rings. The van der Waals surface area contributed by atoms with E-state index in [0.29, 0.717) is 53.3 Å². The Labute approximate surface area is 199 Å². The molecule has 2 aliphatic rings. The minimum absolute atomic E-state index is 0.0177. The Bertz CT molecular complexity index is 1550. The number of hydrogen-bond acceptors (Lipinski definition) is 7. The van der Waals surface area contributed by atoms with E-state index in [1.165, 1.54) is 19.4 Å². The van der Waals surface area contributed by atoms with Crippen molar-refractivity contribution in [3.63, 3.8) is 0 Å². The van der Waals surface area contributed by atoms with Gasteiger partial charge in [0.1, 0.15) is 22.8 Å². The van der Waals surface area contributed by atoms with E-state index in [9.17, 15) is 4.39 Å². The summed E-state index contributed by atoms with van der Waals surface area (Å²) in [7, 11) is 1.43. The number of halogens is 2. The summed E-state index contributed by atoms with van der Waals surface area (Å²) in [6, 6.07) is 6.34. The summed E-state index contributed by atoms with van der Waals surface area (Å²) in [4.78, 5) is 15.4. The van der Waals surface area contributed by atoms with Crippen LogP contribution in [0, 0.1) is 29.9 Å². The number of hydrogen-bond donors (Lipinski definition) is 1. The lowest BCUT2D eigenvalue weighted by molar-refractivity contribution is 0.139. The standard InChI is InChI=1S/C26H21F2N5O2/c1-3-16-19(27)5-4-13-8-15(29)10-17(21(13)16)23-22(28)24-18(11-30-23)25(32-26(31-24)34-2)33-6-7-35-12-14-9-20(14)33/h1,4-5,8,10-11,14,20H,6-7,9,12,29H2,2H3/t14-,20-/m1/s1. The van der Waals surface area contributed by atoms with Crippen molar-refractivity contribution in [1.82, 2.24) is 15.0 Å². The molecule has 6 rings (SSSR count). The summed E-state index contributed by atoms with van der Waals surface area (Å²) in [5.74, 6) is 2.07. The van der Waals surface area contributed by atoms with Gasteiger partial charge in [-0.05, 0) is 30.0 Å². The van der Waals surface area contributed by atoms with Gasteiger partial charge in [0.15, 0.2) is 5.82 Å². The van der Waals surface area contributed by atoms with Crippen molar-refractivity contribution in [3.8, 4) is 29.6 Å². The fraction of sp³-hybridized carbons (Fsp3) is 0.269. The van der Waals surface area contributed by atoms with Crippen LogP contribution >= 0.6 is 0 Å². The second-order valence-corrected chi connectivity index (χ2v) is 8.78. The number of fused-ring (bicyclic) bond motifs is 3. The lowest BCUT2D eigenvalue weighted by atomic mass is 9.95. The van der Waals surface area contributed by atoms with Crippen LogP contribution in [0.5, 0.6) is 6.01 Å². The SMILES string of the molecule is C#Cc1c(F)ccc2cc(N)cc(-c3ncc4c(N5CCOC[C@H]6C[C@H]65)nc(OC)nc4c3F)c12. The van der Waals surface area contributed by atoms with Crippen molar-refractivity contribution < 1.29 is 18.3 Å². The van der Waals surface area contributed by atoms with Gasteiger partial charge in [-0.25, -0.2) is 8.78 Å². The largest absolute Gasteiger partial charge is 0.467 e. The second-order valence-electron chi connectivity index (χ2n) is 8.78. The van der Waals surface area contributed by atoms with Crippen LogP contribution in [0.1, 0.15) is 12.0 Å². The Morgan fingerprint density at radius 2 is 2.11 bits per heavy atom. The fourth-order valence-electron chi connectivity index (χ4n) is 4.93. The molecule has 1 saturated heterocycles. The van der Waals surface area contributed by atoms with Gasteiger partial charge in [0.05, 0.1) is 31.3 Å². The third kappa shape index (κ3) is 3.41. The first-order valence-electron chi connectivity index (χ1n) is 11.2. The monoisotopic (exact) mass is 473 g/mol. The number of nitrogens with two attached hydrogens (primary N) is 1. The molecule has 1 aliphatic heterocycles. The molecule has 35 heavy (non-hydrogen) atoms. The Morgan fingerprint density at radius 3 is 2.91 bits per heavy atom. The molecule has 2 N–H and O–H groups in total. The van der Waals surface area contributed by atoms with Crippen LogP contribution in [0.25, 0.3) is 32.9 Å². The number of aromatic nitrogens is 3. The van der Waals surface area contributed by atoms with E-state index in [1.54, 1.807) is 18.2 Å². The molecule has 0 unspecified atom stereocenters. The molecule has 2 aromatic carbocycles. The highest BCUT2D eigenvalue weighted by Crippen LogP contribution is 2.43. The van der Waals surface area contributed by atoms with Crippen LogP contribution in [-0.4, -0.2) is 47.9 Å². The Morgan fingerprint density at radius 1 is 1.26 bits per heavy atom. The van der Waals surface area contributed by atoms with Gasteiger partial charge >= 0.3 is 6.01 Å². The predicted molar refractivity (Wildman–Crippen MR) is 129 cm³/mol. The summed E-state index contributed by atoms with van der Waals surface area (Å²) >= 11 is 0. The zero-order chi connectivity index (χ0) is 24.3. The Balaban J connectivity index is 1.61. The molecule has 9 heteroatoms. The summed E-state index contributed by atoms with van der Waals surface area (Å²) < 4.78 is 41.7. The van der Waals surface area contributed by atoms with Crippen LogP contribution in [0.15, 0.2) is 30.5 Å². The molecule has 0 spiro atoms. The van der Waals surface area contributed by atoms with Crippen molar-refractivity contribution in [2.75, 3.05) is 37.5 Å². The maximum absolute atomic E-state index is 16.2. The molecule has 0 amide bonds. The van der Waals surface area contributed by atoms with Gasteiger partial charge < -0.3 is 20.1 Å². The van der Waals surface area contributed by atoms with Crippen LogP contribution in [0.2, 0.25) is 0 Å². The minimum atomic E-state index is -0.693. The normalized spacial score (nSPS) is 19.3. The van der Waals surface area contributed by atoms with Gasteiger partial charge in [-0.15, -0.1) is 6.42 Å². The van der Waals surface area contributed by atoms with E-state index < -0.39 is 11.6 Å². The number of methoxy groups -OCH3 is 1. The molecular weight excluding hydrogens is 452 g/mol. The number of pyridine rings is 1. The minimum Gasteiger partial charge on any atom is -0.467 e. The lowest BCUT2D eigenvalue weighted by Gasteiger charge is -2.24. The van der Waals surface area contributed by atoms with Crippen molar-refractivity contribution in [3.05, 3.63) is 47.7 Å². The first kappa shape index (κ1) is 21.5. The molecule has 0 bridgehead atoms. The number of anilines is 2. The number of nitrogens with zero attached hydrogens (tertiary/aromatic N) is 4. The summed E-state index contributed by atoms with van der Waals surface area (Å²) in [6.45, 7) is 1.86. The highest BCUT2D eigenvalue weighted by Gasteiger charge is 2.44. The van der Waals surface area contributed by atoms with Crippen molar-refractivity contribution in [2.45, 2.75) is 12.5 Å². The van der Waals surface area contributed by atoms with Gasteiger partial charge in [-0.3, -0.25) is 4.98 Å². The zero-order valence-corrected chi connectivity index (χ0v) is 18.9. The van der Waals surface area contributed by atoms with Gasteiger partial charge in [0.2, 0.25) is 0 Å². The van der Waals surface area contributed by atoms with E-state index in [0.717, 1.165) is 6.42 Å². The number of ether oxygens (including phenoxy) is 2. The smallest absolute Gasteiger partial charge is 0.318 e. The molecule has 2 aromatic heterocycles. The van der Waals surface area contributed by atoms with Crippen LogP contribution in [-0.2, 0) is 4.74 Å². The van der Waals surface area contributed by atoms with Crippen molar-refractivity contribution in [2.24, 2.45) is 5.92 Å². The molecule has 1 aliphatic carbocycles. The average molecular weight is 473 g/mol. The molecule has 0 radical (unpaired) electrons. The maximum atomic E-state index is 16.2. The van der Waals surface area contributed by atoms with E-state index in [2.05, 4.69) is 25.8 Å². The quantitative estimate of drug-likeness (QED) is 0.357. The van der Waals surface area contributed by atoms with E-state index >= 15 is 4.39 Å². The first-order valence-corrected chi connectivity index (χ1v) is 11.2. The third-order valence-electron chi connectivity index (χ3n) is 6.68. The molecule has 4 aromatic rings. The molecule has 3 heterocycles. The number of rotatable bonds is 3. The third-order valence-corrected chi connectivity index (χ3v) is 6.68. The second kappa shape index (κ2) is 8.03. The van der Waals surface area contributed by atoms with E-state index in [-0.39, 0.29) is 34.4 Å². The van der Waals surface area contributed by atoms with Gasteiger partial charge in [-0.1, -0.05) is 12.0 Å². The van der Waals surface area contributed by atoms with Gasteiger partial charge in [0.25, 0.3) is 0 Å². The van der Waals surface area contributed by atoms with Crippen LogP contribution in [0.4, 0.5) is 20.3 Å². The predicted octanol–water partition coefficient (Wildman–Crippen LogP) is 3.92. The molecular formula is C26H21F2N5O2. The lowest BCUT2D eigenvalue weighted by Crippen LogP contribution is -2.30. The van der Waals surface area contributed by atoms with Crippen LogP contribution in [0.3, 0.4) is 0 Å². The highest BCUT2D eigenvalue weighted by atomic mass is 19.1. The Kier molecular flexibility index (Phi) is 4.93. The number of benzene rings is 2. The highest BCUT2D eigenvalue weighted by molar-refractivity contribution is 6.03. The van der Waals surface area contributed by atoms with Gasteiger partial charge in [-0.2, -0.15) is 9.97 Å². The summed E-state index contributed by atoms with van der Waals surface area (Å²) in [5.41, 5.74) is 6.79. The van der Waals surface area contributed by atoms with Gasteiger partial charge in [0, 0.05) is 41.3 Å². The molecule has 2 atom stereocenters. The Hall–Kier alpha value is -4.03. The first-order chi connectivity index (χ1) is 17.0. The molecule has 1 saturated carbocycles. The zero-order valence-electron chi connectivity index (χ0n) is 18.9. The average Bonchev–Trinajstić information content (AvgIpc) is 3.64. The van der Waals surface area contributed by atoms with E-state index in [4.69, 9.17) is 21.6 Å². The maximum Gasteiger partial charge on any atom is 0.318 e. The van der Waals surface area contributed by atoms with Crippen LogP contribution < -0.4 is 15.4 Å². The topological polar surface area (TPSA) is 86.4 Å². The molecule has 176 valence electrons. The molecule has 7 nitrogen and oxygen atoms in total. The van der Waals surface area contributed by atoms with Crippen molar-refractivity contribution in [1.29, 1.82) is 0 Å². The number of nitrogen functional groups attached to an aromatic ring is 1. The van der Waals surface area contributed by atoms with E-state index in [1.807, 2.05) is 0 Å². The summed E-state index contributed by atoms with van der Waals surface area (Å²) in [5, 5.41) is 1.40. The van der Waals surface area contributed by atoms with Crippen molar-refractivity contribution >= 4 is 33.2 Å². The fourth-order valence-corrected chi connectivity index (χ4v) is 4.93. The number of terminal acetylenes is 1. The summed E-state index contributed by atoms with van der Waals surface area (Å²) in [6.07, 6.45) is 8.13.